The van der Waals surface area contributed by atoms with E-state index >= 15 is 0 Å². The van der Waals surface area contributed by atoms with E-state index in [4.69, 9.17) is 22.9 Å². The molecule has 0 aliphatic carbocycles. The molecule has 0 radical (unpaired) electrons. The van der Waals surface area contributed by atoms with Crippen molar-refractivity contribution in [2.45, 2.75) is 6.54 Å². The fraction of sp³-hybridized carbons (Fsp3) is 0.300. The minimum absolute atomic E-state index is 0.598. The lowest BCUT2D eigenvalue weighted by Crippen LogP contribution is -2.78. The molecule has 0 bridgehead atoms. The maximum Gasteiger partial charge on any atom is 0.272 e. The number of benzene rings is 2. The smallest absolute Gasteiger partial charge is 0.272 e. The maximum atomic E-state index is 5.87. The number of quaternary nitrogens is 1. The fourth-order valence-electron chi connectivity index (χ4n) is 3.00. The average molecular weight is 585 g/mol. The van der Waals surface area contributed by atoms with E-state index in [-0.39, 0.29) is 0 Å². The van der Waals surface area contributed by atoms with Crippen molar-refractivity contribution < 1.29 is 9.88 Å². The van der Waals surface area contributed by atoms with Gasteiger partial charge in [-0.05, 0) is 60.7 Å². The number of pyridine rings is 1. The topological polar surface area (TPSA) is 131 Å². The van der Waals surface area contributed by atoms with Crippen molar-refractivity contribution in [2.24, 2.45) is 5.73 Å². The molecule has 0 amide bonds. The summed E-state index contributed by atoms with van der Waals surface area (Å²) < 4.78 is 2.08. The average Bonchev–Trinajstić information content (AvgIpc) is 2.94. The van der Waals surface area contributed by atoms with E-state index in [1.807, 2.05) is 151 Å². The number of nitrogen functional groups attached to an aromatic ring is 3. The maximum absolute atomic E-state index is 5.87. The van der Waals surface area contributed by atoms with Crippen LogP contribution in [0.2, 0.25) is 0 Å². The molecule has 8 nitrogen and oxygen atoms in total. The minimum Gasteiger partial charge on any atom is -0.399 e. The summed E-state index contributed by atoms with van der Waals surface area (Å²) in [6.45, 7) is 2.64. The molecule has 0 spiro atoms. The summed E-state index contributed by atoms with van der Waals surface area (Å²) in [4.78, 5) is 4.08. The van der Waals surface area contributed by atoms with Gasteiger partial charge < -0.3 is 32.3 Å². The van der Waals surface area contributed by atoms with Gasteiger partial charge in [-0.3, -0.25) is 5.73 Å². The first-order valence-corrected chi connectivity index (χ1v) is 15.6. The van der Waals surface area contributed by atoms with Crippen molar-refractivity contribution in [3.8, 4) is 0 Å². The van der Waals surface area contributed by atoms with Gasteiger partial charge >= 0.3 is 0 Å². The van der Waals surface area contributed by atoms with Crippen LogP contribution in [0.15, 0.2) is 97.4 Å². The van der Waals surface area contributed by atoms with Gasteiger partial charge in [0.05, 0.1) is 24.7 Å². The molecular weight excluding hydrogens is 537 g/mol. The van der Waals surface area contributed by atoms with E-state index in [2.05, 4.69) is 16.1 Å². The van der Waals surface area contributed by atoms with Gasteiger partial charge in [0, 0.05) is 69.3 Å². The van der Waals surface area contributed by atoms with Crippen LogP contribution in [-0.2, 0) is 6.54 Å². The number of anilines is 5. The van der Waals surface area contributed by atoms with Crippen LogP contribution in [0.25, 0.3) is 0 Å². The zero-order chi connectivity index (χ0) is 29.6. The van der Waals surface area contributed by atoms with Gasteiger partial charge in [-0.15, -0.1) is 0 Å². The van der Waals surface area contributed by atoms with Crippen LogP contribution in [0.5, 0.6) is 0 Å². The van der Waals surface area contributed by atoms with E-state index in [9.17, 15) is 0 Å². The van der Waals surface area contributed by atoms with Crippen LogP contribution in [0.4, 0.5) is 28.6 Å². The predicted molar refractivity (Wildman–Crippen MR) is 180 cm³/mol. The Morgan fingerprint density at radius 3 is 1.80 bits per heavy atom. The summed E-state index contributed by atoms with van der Waals surface area (Å²) in [5.74, 6) is 3.02. The third-order valence-corrected chi connectivity index (χ3v) is 7.71. The Bertz CT molecular complexity index is 1050. The third kappa shape index (κ3) is 16.6. The highest BCUT2D eigenvalue weighted by molar-refractivity contribution is 8.76. The molecule has 10 heteroatoms. The van der Waals surface area contributed by atoms with Gasteiger partial charge in [0.15, 0.2) is 0 Å². The van der Waals surface area contributed by atoms with Crippen molar-refractivity contribution in [2.75, 3.05) is 79.8 Å². The second kappa shape index (κ2) is 21.5. The molecule has 0 saturated heterocycles. The summed E-state index contributed by atoms with van der Waals surface area (Å²) >= 11 is 0. The second-order valence-electron chi connectivity index (χ2n) is 9.01. The van der Waals surface area contributed by atoms with Gasteiger partial charge in [-0.2, -0.15) is 0 Å². The number of allylic oxidation sites excluding steroid dienone is 2. The van der Waals surface area contributed by atoms with Gasteiger partial charge in [0.2, 0.25) is 0 Å². The minimum atomic E-state index is 0.598. The van der Waals surface area contributed by atoms with Gasteiger partial charge in [0.1, 0.15) is 6.54 Å². The second-order valence-corrected chi connectivity index (χ2v) is 11.7. The van der Waals surface area contributed by atoms with Crippen LogP contribution >= 0.6 is 21.6 Å². The molecule has 3 rings (SSSR count). The molecule has 218 valence electrons. The van der Waals surface area contributed by atoms with Crippen molar-refractivity contribution >= 4 is 50.2 Å². The molecule has 0 aliphatic rings. The number of aryl methyl sites for hydroxylation is 1. The molecular formula is C30H48N8S2+2. The van der Waals surface area contributed by atoms with Crippen LogP contribution in [0.3, 0.4) is 0 Å². The molecule has 1 aromatic heterocycles. The summed E-state index contributed by atoms with van der Waals surface area (Å²) in [6, 6.07) is 21.5. The highest BCUT2D eigenvalue weighted by atomic mass is 33.1. The molecule has 3 aromatic rings. The van der Waals surface area contributed by atoms with Crippen molar-refractivity contribution in [1.29, 1.82) is 0 Å². The zero-order valence-corrected chi connectivity index (χ0v) is 26.0. The monoisotopic (exact) mass is 584 g/mol. The van der Waals surface area contributed by atoms with Crippen LogP contribution in [0.1, 0.15) is 0 Å². The highest BCUT2D eigenvalue weighted by Crippen LogP contribution is 2.19. The number of nitrogens with zero attached hydrogens (tertiary/aromatic N) is 3. The van der Waals surface area contributed by atoms with Gasteiger partial charge in [0.25, 0.3) is 5.82 Å². The number of aromatic nitrogens is 1. The fourth-order valence-corrected chi connectivity index (χ4v) is 4.96. The van der Waals surface area contributed by atoms with Crippen LogP contribution < -0.4 is 42.6 Å². The van der Waals surface area contributed by atoms with Crippen molar-refractivity contribution in [3.05, 3.63) is 97.4 Å². The lowest BCUT2D eigenvalue weighted by atomic mass is 10.3. The third-order valence-electron chi connectivity index (χ3n) is 5.29. The van der Waals surface area contributed by atoms with Gasteiger partial charge in [-0.25, -0.2) is 4.57 Å². The summed E-state index contributed by atoms with van der Waals surface area (Å²) in [5.41, 5.74) is 26.2. The molecule has 0 fully saturated rings. The molecule has 40 heavy (non-hydrogen) atoms. The van der Waals surface area contributed by atoms with Gasteiger partial charge in [-0.1, -0.05) is 39.8 Å². The van der Waals surface area contributed by atoms with E-state index in [1.165, 1.54) is 11.4 Å². The summed E-state index contributed by atoms with van der Waals surface area (Å²) in [5, 5.41) is 2.18. The number of rotatable bonds is 12. The first-order chi connectivity index (χ1) is 19.2. The lowest BCUT2D eigenvalue weighted by Gasteiger charge is -2.11. The Kier molecular flexibility index (Phi) is 18.7. The molecule has 0 saturated carbocycles. The first kappa shape index (κ1) is 34.7. The molecule has 2 aromatic carbocycles. The first-order valence-electron chi connectivity index (χ1n) is 13.1. The summed E-state index contributed by atoms with van der Waals surface area (Å²) in [7, 11) is 11.8. The Labute approximate surface area is 248 Å². The number of nitrogens with two attached hydrogens (primary N) is 5. The van der Waals surface area contributed by atoms with Crippen molar-refractivity contribution in [3.63, 3.8) is 0 Å². The Hall–Kier alpha value is -3.31. The van der Waals surface area contributed by atoms with E-state index in [1.54, 1.807) is 0 Å². The lowest BCUT2D eigenvalue weighted by molar-refractivity contribution is -0.678. The molecule has 1 heterocycles. The Balaban J connectivity index is 0.000000333. The zero-order valence-electron chi connectivity index (χ0n) is 24.3. The normalized spacial score (nSPS) is 10.5. The SMILES string of the molecule is CN(C)c1ccc(N)cc1.CN(C)c1ccc(N)cc1.NC/C=C\C=C/[NH2+]CCSSCC[n+]1ccccc1N. The van der Waals surface area contributed by atoms with E-state index in [0.29, 0.717) is 6.54 Å². The van der Waals surface area contributed by atoms with Crippen LogP contribution in [0, 0.1) is 0 Å². The number of hydrogen-bond acceptors (Lipinski definition) is 8. The molecule has 0 aliphatic heterocycles. The quantitative estimate of drug-likeness (QED) is 0.0721. The summed E-state index contributed by atoms with van der Waals surface area (Å²) in [6.07, 6.45) is 10.0. The molecule has 10 N–H and O–H groups in total. The molecule has 0 unspecified atom stereocenters. The van der Waals surface area contributed by atoms with Crippen LogP contribution in [-0.4, -0.2) is 52.8 Å². The Morgan fingerprint density at radius 2 is 1.30 bits per heavy atom. The van der Waals surface area contributed by atoms with E-state index in [0.717, 1.165) is 41.8 Å². The van der Waals surface area contributed by atoms with E-state index < -0.39 is 0 Å². The predicted octanol–water partition coefficient (Wildman–Crippen LogP) is 3.20. The Morgan fingerprint density at radius 1 is 0.750 bits per heavy atom. The largest absolute Gasteiger partial charge is 0.399 e. The highest BCUT2D eigenvalue weighted by Gasteiger charge is 2.01. The molecule has 0 atom stereocenters. The van der Waals surface area contributed by atoms with Crippen molar-refractivity contribution in [1.82, 2.24) is 0 Å². The standard InChI is InChI=1S/C14H22N4S2.2C8H12N2/c15-7-3-1-4-8-17-9-12-19-20-13-11-18-10-5-2-6-14(18)16;2*1-10(2)8-5-3-7(9)4-6-8/h1-6,8,10,16-17H,7,9,11-13,15H2;2*3-6H,9H2,1-2H3/p+2/b3-1-,8-4-;;. The number of hydrogen-bond donors (Lipinski definition) is 5.